The first kappa shape index (κ1) is 12.9. The number of phenolic OH excluding ortho intramolecular Hbond substituents is 1. The number of fused-ring (bicyclic) bond motifs is 1. The first-order valence-electron chi connectivity index (χ1n) is 6.08. The fraction of sp³-hybridized carbons (Fsp3) is 0.462. The van der Waals surface area contributed by atoms with Crippen molar-refractivity contribution >= 4 is 5.91 Å². The zero-order valence-corrected chi connectivity index (χ0v) is 10.2. The molecule has 0 aromatic heterocycles. The lowest BCUT2D eigenvalue weighted by Gasteiger charge is -2.13. The molecule has 1 aromatic carbocycles. The Balaban J connectivity index is 1.78. The van der Waals surface area contributed by atoms with Crippen molar-refractivity contribution in [2.24, 2.45) is 5.73 Å². The Kier molecular flexibility index (Phi) is 4.17. The van der Waals surface area contributed by atoms with Crippen LogP contribution in [0.1, 0.15) is 23.6 Å². The average molecular weight is 250 g/mol. The van der Waals surface area contributed by atoms with Gasteiger partial charge in [0.15, 0.2) is 0 Å². The van der Waals surface area contributed by atoms with Crippen molar-refractivity contribution in [3.8, 4) is 5.75 Å². The van der Waals surface area contributed by atoms with Crippen molar-refractivity contribution in [1.29, 1.82) is 0 Å². The molecule has 1 atom stereocenters. The molecular weight excluding hydrogens is 232 g/mol. The smallest absolute Gasteiger partial charge is 0.243 e. The first-order chi connectivity index (χ1) is 8.66. The van der Waals surface area contributed by atoms with Gasteiger partial charge in [-0.1, -0.05) is 6.07 Å². The minimum absolute atomic E-state index is 0.0309. The second kappa shape index (κ2) is 5.84. The quantitative estimate of drug-likeness (QED) is 0.641. The zero-order valence-electron chi connectivity index (χ0n) is 10.2. The number of benzene rings is 1. The molecule has 98 valence electrons. The lowest BCUT2D eigenvalue weighted by molar-refractivity contribution is -0.122. The third kappa shape index (κ3) is 3.21. The molecule has 4 N–H and O–H groups in total. The molecule has 5 nitrogen and oxygen atoms in total. The molecule has 1 aromatic rings. The topological polar surface area (TPSA) is 84.6 Å². The van der Waals surface area contributed by atoms with Gasteiger partial charge in [-0.15, -0.1) is 0 Å². The molecule has 0 saturated carbocycles. The fourth-order valence-corrected chi connectivity index (χ4v) is 2.29. The number of aromatic hydroxyl groups is 1. The van der Waals surface area contributed by atoms with E-state index >= 15 is 0 Å². The Morgan fingerprint density at radius 3 is 3.17 bits per heavy atom. The van der Waals surface area contributed by atoms with Gasteiger partial charge in [0, 0.05) is 12.6 Å². The Morgan fingerprint density at radius 2 is 2.39 bits per heavy atom. The molecule has 0 spiro atoms. The highest BCUT2D eigenvalue weighted by molar-refractivity contribution is 5.74. The van der Waals surface area contributed by atoms with E-state index in [1.165, 1.54) is 11.1 Å². The highest BCUT2D eigenvalue weighted by Crippen LogP contribution is 2.32. The molecule has 0 bridgehead atoms. The van der Waals surface area contributed by atoms with Gasteiger partial charge < -0.3 is 20.9 Å². The number of hydrogen-bond acceptors (Lipinski definition) is 4. The lowest BCUT2D eigenvalue weighted by atomic mass is 10.1. The van der Waals surface area contributed by atoms with E-state index in [0.717, 1.165) is 12.8 Å². The van der Waals surface area contributed by atoms with Crippen molar-refractivity contribution in [3.05, 3.63) is 29.3 Å². The van der Waals surface area contributed by atoms with Gasteiger partial charge in [0.2, 0.25) is 5.91 Å². The SMILES string of the molecule is NC(=O)COCCNC1CCc2cc(O)ccc21. The third-order valence-corrected chi connectivity index (χ3v) is 3.09. The van der Waals surface area contributed by atoms with E-state index in [4.69, 9.17) is 10.5 Å². The molecule has 0 saturated heterocycles. The summed E-state index contributed by atoms with van der Waals surface area (Å²) in [6, 6.07) is 5.79. The van der Waals surface area contributed by atoms with E-state index < -0.39 is 5.91 Å². The Labute approximate surface area is 106 Å². The van der Waals surface area contributed by atoms with Crippen LogP contribution in [0.15, 0.2) is 18.2 Å². The van der Waals surface area contributed by atoms with E-state index in [1.807, 2.05) is 12.1 Å². The number of nitrogens with two attached hydrogens (primary N) is 1. The molecule has 0 radical (unpaired) electrons. The fourth-order valence-electron chi connectivity index (χ4n) is 2.29. The number of amides is 1. The van der Waals surface area contributed by atoms with Crippen molar-refractivity contribution in [1.82, 2.24) is 5.32 Å². The monoisotopic (exact) mass is 250 g/mol. The van der Waals surface area contributed by atoms with E-state index in [9.17, 15) is 9.90 Å². The summed E-state index contributed by atoms with van der Waals surface area (Å²) in [5, 5.41) is 12.8. The molecule has 1 aliphatic carbocycles. The number of nitrogens with one attached hydrogen (secondary N) is 1. The molecule has 0 fully saturated rings. The number of primary amides is 1. The number of carbonyl (C=O) groups excluding carboxylic acids is 1. The summed E-state index contributed by atoms with van der Waals surface area (Å²) in [6.07, 6.45) is 2.00. The van der Waals surface area contributed by atoms with E-state index in [0.29, 0.717) is 24.9 Å². The number of ether oxygens (including phenoxy) is 1. The molecule has 0 heterocycles. The summed E-state index contributed by atoms with van der Waals surface area (Å²) in [5.74, 6) is -0.129. The van der Waals surface area contributed by atoms with Crippen LogP contribution in [0, 0.1) is 0 Å². The summed E-state index contributed by atoms with van der Waals surface area (Å²) >= 11 is 0. The van der Waals surface area contributed by atoms with Crippen LogP contribution >= 0.6 is 0 Å². The van der Waals surface area contributed by atoms with Crippen LogP contribution in [-0.2, 0) is 16.0 Å². The van der Waals surface area contributed by atoms with Gasteiger partial charge in [0.25, 0.3) is 0 Å². The normalized spacial score (nSPS) is 17.7. The number of phenols is 1. The van der Waals surface area contributed by atoms with E-state index in [1.54, 1.807) is 6.07 Å². The maximum absolute atomic E-state index is 10.5. The number of aryl methyl sites for hydroxylation is 1. The highest BCUT2D eigenvalue weighted by Gasteiger charge is 2.21. The number of carbonyl (C=O) groups is 1. The molecule has 1 unspecified atom stereocenters. The van der Waals surface area contributed by atoms with Crippen LogP contribution in [-0.4, -0.2) is 30.8 Å². The van der Waals surface area contributed by atoms with Crippen molar-refractivity contribution in [2.45, 2.75) is 18.9 Å². The van der Waals surface area contributed by atoms with Crippen molar-refractivity contribution in [2.75, 3.05) is 19.8 Å². The second-order valence-corrected chi connectivity index (χ2v) is 4.45. The van der Waals surface area contributed by atoms with Gasteiger partial charge in [0.05, 0.1) is 6.61 Å². The van der Waals surface area contributed by atoms with E-state index in [-0.39, 0.29) is 6.61 Å². The number of rotatable bonds is 6. The lowest BCUT2D eigenvalue weighted by Crippen LogP contribution is -2.26. The zero-order chi connectivity index (χ0) is 13.0. The van der Waals surface area contributed by atoms with E-state index in [2.05, 4.69) is 5.32 Å². The average Bonchev–Trinajstić information content (AvgIpc) is 2.70. The van der Waals surface area contributed by atoms with Gasteiger partial charge in [-0.3, -0.25) is 4.79 Å². The second-order valence-electron chi connectivity index (χ2n) is 4.45. The number of hydrogen-bond donors (Lipinski definition) is 3. The standard InChI is InChI=1S/C13H18N2O3/c14-13(17)8-18-6-5-15-12-4-1-9-7-10(16)2-3-11(9)12/h2-3,7,12,15-16H,1,4-6,8H2,(H2,14,17). The van der Waals surface area contributed by atoms with Crippen LogP contribution in [0.25, 0.3) is 0 Å². The first-order valence-corrected chi connectivity index (χ1v) is 6.08. The Bertz CT molecular complexity index is 434. The Hall–Kier alpha value is -1.59. The van der Waals surface area contributed by atoms with Crippen LogP contribution in [0.2, 0.25) is 0 Å². The molecular formula is C13H18N2O3. The van der Waals surface area contributed by atoms with Gasteiger partial charge >= 0.3 is 0 Å². The summed E-state index contributed by atoms with van der Waals surface area (Å²) in [4.78, 5) is 10.5. The molecule has 0 aliphatic heterocycles. The van der Waals surface area contributed by atoms with Crippen LogP contribution in [0.4, 0.5) is 0 Å². The van der Waals surface area contributed by atoms with Crippen LogP contribution < -0.4 is 11.1 Å². The molecule has 2 rings (SSSR count). The summed E-state index contributed by atoms with van der Waals surface area (Å²) in [5.41, 5.74) is 7.40. The predicted octanol–water partition coefficient (Wildman–Crippen LogP) is 0.471. The van der Waals surface area contributed by atoms with Gasteiger partial charge in [-0.2, -0.15) is 0 Å². The van der Waals surface area contributed by atoms with Crippen molar-refractivity contribution in [3.63, 3.8) is 0 Å². The summed E-state index contributed by atoms with van der Waals surface area (Å²) in [7, 11) is 0. The third-order valence-electron chi connectivity index (χ3n) is 3.09. The Morgan fingerprint density at radius 1 is 1.56 bits per heavy atom. The van der Waals surface area contributed by atoms with Gasteiger partial charge in [-0.25, -0.2) is 0 Å². The summed E-state index contributed by atoms with van der Waals surface area (Å²) < 4.78 is 5.08. The highest BCUT2D eigenvalue weighted by atomic mass is 16.5. The minimum atomic E-state index is -0.448. The predicted molar refractivity (Wildman–Crippen MR) is 67.2 cm³/mol. The van der Waals surface area contributed by atoms with Gasteiger partial charge in [0.1, 0.15) is 12.4 Å². The summed E-state index contributed by atoms with van der Waals surface area (Å²) in [6.45, 7) is 1.11. The van der Waals surface area contributed by atoms with Crippen LogP contribution in [0.5, 0.6) is 5.75 Å². The minimum Gasteiger partial charge on any atom is -0.508 e. The largest absolute Gasteiger partial charge is 0.508 e. The van der Waals surface area contributed by atoms with Crippen molar-refractivity contribution < 1.29 is 14.6 Å². The maximum Gasteiger partial charge on any atom is 0.243 e. The van der Waals surface area contributed by atoms with Crippen LogP contribution in [0.3, 0.4) is 0 Å². The molecule has 1 amide bonds. The molecule has 1 aliphatic rings. The maximum atomic E-state index is 10.5. The molecule has 18 heavy (non-hydrogen) atoms. The van der Waals surface area contributed by atoms with Gasteiger partial charge in [-0.05, 0) is 36.1 Å². The molecule has 5 heteroatoms.